The Labute approximate surface area is 48.6 Å². The predicted molar refractivity (Wildman–Crippen MR) is 31.6 cm³/mol. The molecule has 0 rings (SSSR count). The first-order valence-corrected chi connectivity index (χ1v) is 2.36. The molecule has 0 fully saturated rings. The van der Waals surface area contributed by atoms with E-state index in [1.165, 1.54) is 0 Å². The quantitative estimate of drug-likeness (QED) is 0.311. The van der Waals surface area contributed by atoms with Crippen LogP contribution in [-0.4, -0.2) is 10.7 Å². The lowest BCUT2D eigenvalue weighted by molar-refractivity contribution is 0.142. The van der Waals surface area contributed by atoms with E-state index < -0.39 is 0 Å². The van der Waals surface area contributed by atoms with Gasteiger partial charge in [0.15, 0.2) is 0 Å². The number of nitrogens with two attached hydrogens (primary N) is 1. The monoisotopic (exact) mass is 117 g/mol. The molecule has 0 aliphatic carbocycles. The van der Waals surface area contributed by atoms with E-state index in [1.807, 2.05) is 0 Å². The van der Waals surface area contributed by atoms with Crippen LogP contribution in [0.2, 0.25) is 0 Å². The molecule has 0 amide bonds. The fraction of sp³-hybridized carbons (Fsp3) is 1.00. The Morgan fingerprint density at radius 2 is 1.88 bits per heavy atom. The summed E-state index contributed by atoms with van der Waals surface area (Å²) in [6, 6.07) is 0. The standard InChI is InChI=1S/C4H11N3O/c1-4(2,3)7(5)6-8/h5H2,1-3H3. The number of hydrogen-bond donors (Lipinski definition) is 1. The fourth-order valence-corrected chi connectivity index (χ4v) is 0.122. The Kier molecular flexibility index (Phi) is 1.92. The molecule has 0 aromatic carbocycles. The van der Waals surface area contributed by atoms with E-state index in [0.717, 1.165) is 5.12 Å². The van der Waals surface area contributed by atoms with E-state index in [4.69, 9.17) is 5.84 Å². The molecule has 2 N–H and O–H groups in total. The molecule has 0 unspecified atom stereocenters. The van der Waals surface area contributed by atoms with E-state index in [-0.39, 0.29) is 5.54 Å². The topological polar surface area (TPSA) is 58.7 Å². The number of rotatable bonds is 1. The molecule has 0 heterocycles. The minimum atomic E-state index is -0.359. The molecule has 8 heavy (non-hydrogen) atoms. The highest BCUT2D eigenvalue weighted by atomic mass is 16.3. The van der Waals surface area contributed by atoms with Gasteiger partial charge in [-0.1, -0.05) is 0 Å². The SMILES string of the molecule is CC(C)(C)N(N)N=O. The predicted octanol–water partition coefficient (Wildman–Crippen LogP) is 0.642. The Morgan fingerprint density at radius 3 is 1.88 bits per heavy atom. The largest absolute Gasteiger partial charge is 0.228 e. The molecule has 48 valence electrons. The summed E-state index contributed by atoms with van der Waals surface area (Å²) < 4.78 is 0. The van der Waals surface area contributed by atoms with Gasteiger partial charge in [0.1, 0.15) is 0 Å². The summed E-state index contributed by atoms with van der Waals surface area (Å²) in [4.78, 5) is 9.70. The van der Waals surface area contributed by atoms with Crippen molar-refractivity contribution in [2.24, 2.45) is 11.1 Å². The van der Waals surface area contributed by atoms with E-state index in [0.29, 0.717) is 0 Å². The second kappa shape index (κ2) is 2.09. The lowest BCUT2D eigenvalue weighted by Crippen LogP contribution is -2.41. The van der Waals surface area contributed by atoms with E-state index in [2.05, 4.69) is 5.29 Å². The Bertz CT molecular complexity index is 85.8. The van der Waals surface area contributed by atoms with Crippen LogP contribution in [0.25, 0.3) is 0 Å². The first-order valence-electron chi connectivity index (χ1n) is 2.36. The maximum atomic E-state index is 9.70. The van der Waals surface area contributed by atoms with Gasteiger partial charge < -0.3 is 0 Å². The molecule has 4 nitrogen and oxygen atoms in total. The van der Waals surface area contributed by atoms with Crippen LogP contribution in [0.15, 0.2) is 5.29 Å². The van der Waals surface area contributed by atoms with Gasteiger partial charge in [0.25, 0.3) is 0 Å². The van der Waals surface area contributed by atoms with Gasteiger partial charge in [-0.15, -0.1) is 4.91 Å². The summed E-state index contributed by atoms with van der Waals surface area (Å²) in [6.45, 7) is 5.40. The maximum Gasteiger partial charge on any atom is 0.0696 e. The minimum absolute atomic E-state index is 0.359. The average Bonchev–Trinajstić information content (AvgIpc) is 1.62. The zero-order valence-corrected chi connectivity index (χ0v) is 5.38. The van der Waals surface area contributed by atoms with Crippen LogP contribution in [-0.2, 0) is 0 Å². The van der Waals surface area contributed by atoms with Crippen molar-refractivity contribution in [1.29, 1.82) is 0 Å². The van der Waals surface area contributed by atoms with Crippen molar-refractivity contribution >= 4 is 0 Å². The Hall–Kier alpha value is -0.640. The van der Waals surface area contributed by atoms with Gasteiger partial charge in [-0.3, -0.25) is 0 Å². The molecule has 0 bridgehead atoms. The van der Waals surface area contributed by atoms with Crippen LogP contribution in [0.5, 0.6) is 0 Å². The summed E-state index contributed by atoms with van der Waals surface area (Å²) in [7, 11) is 0. The molecular formula is C4H11N3O. The summed E-state index contributed by atoms with van der Waals surface area (Å²) in [5.74, 6) is 5.10. The summed E-state index contributed by atoms with van der Waals surface area (Å²) in [6.07, 6.45) is 0. The molecule has 0 aliphatic rings. The number of nitrogens with zero attached hydrogens (tertiary/aromatic N) is 2. The highest BCUT2D eigenvalue weighted by molar-refractivity contribution is 4.66. The summed E-state index contributed by atoms with van der Waals surface area (Å²) in [5.41, 5.74) is -0.359. The van der Waals surface area contributed by atoms with Gasteiger partial charge in [0, 0.05) is 0 Å². The molecule has 0 atom stereocenters. The maximum absolute atomic E-state index is 9.70. The van der Waals surface area contributed by atoms with Crippen LogP contribution >= 0.6 is 0 Å². The second-order valence-corrected chi connectivity index (χ2v) is 2.60. The number of hydrogen-bond acceptors (Lipinski definition) is 3. The summed E-state index contributed by atoms with van der Waals surface area (Å²) >= 11 is 0. The van der Waals surface area contributed by atoms with Crippen molar-refractivity contribution in [3.63, 3.8) is 0 Å². The lowest BCUT2D eigenvalue weighted by atomic mass is 10.1. The zero-order valence-electron chi connectivity index (χ0n) is 5.38. The molecule has 0 saturated heterocycles. The van der Waals surface area contributed by atoms with Crippen molar-refractivity contribution in [3.8, 4) is 0 Å². The van der Waals surface area contributed by atoms with E-state index >= 15 is 0 Å². The van der Waals surface area contributed by atoms with Crippen LogP contribution in [0.4, 0.5) is 0 Å². The first kappa shape index (κ1) is 7.36. The van der Waals surface area contributed by atoms with Crippen LogP contribution in [0.1, 0.15) is 20.8 Å². The normalized spacial score (nSPS) is 11.0. The molecule has 0 spiro atoms. The van der Waals surface area contributed by atoms with E-state index in [1.54, 1.807) is 20.8 Å². The first-order chi connectivity index (χ1) is 3.48. The third-order valence-electron chi connectivity index (χ3n) is 0.775. The zero-order chi connectivity index (χ0) is 6.78. The van der Waals surface area contributed by atoms with Gasteiger partial charge in [0.05, 0.1) is 10.8 Å². The molecule has 0 radical (unpaired) electrons. The Balaban J connectivity index is 3.80. The van der Waals surface area contributed by atoms with Gasteiger partial charge >= 0.3 is 0 Å². The van der Waals surface area contributed by atoms with Crippen molar-refractivity contribution < 1.29 is 0 Å². The average molecular weight is 117 g/mol. The molecule has 4 heteroatoms. The minimum Gasteiger partial charge on any atom is -0.228 e. The molecular weight excluding hydrogens is 106 g/mol. The van der Waals surface area contributed by atoms with Crippen molar-refractivity contribution in [3.05, 3.63) is 4.91 Å². The van der Waals surface area contributed by atoms with Crippen LogP contribution < -0.4 is 5.84 Å². The van der Waals surface area contributed by atoms with Gasteiger partial charge in [0.2, 0.25) is 0 Å². The highest BCUT2D eigenvalue weighted by Crippen LogP contribution is 2.06. The third kappa shape index (κ3) is 1.88. The lowest BCUT2D eigenvalue weighted by Gasteiger charge is -2.23. The van der Waals surface area contributed by atoms with Gasteiger partial charge in [-0.25, -0.2) is 5.84 Å². The van der Waals surface area contributed by atoms with Crippen LogP contribution in [0, 0.1) is 4.91 Å². The summed E-state index contributed by atoms with van der Waals surface area (Å²) in [5, 5.41) is 3.40. The smallest absolute Gasteiger partial charge is 0.0696 e. The van der Waals surface area contributed by atoms with Gasteiger partial charge in [-0.05, 0) is 20.8 Å². The molecule has 0 saturated carbocycles. The fourth-order valence-electron chi connectivity index (χ4n) is 0.122. The molecule has 0 aromatic rings. The molecule has 0 aromatic heterocycles. The van der Waals surface area contributed by atoms with Crippen molar-refractivity contribution in [1.82, 2.24) is 5.12 Å². The van der Waals surface area contributed by atoms with Crippen molar-refractivity contribution in [2.45, 2.75) is 26.3 Å². The van der Waals surface area contributed by atoms with Crippen molar-refractivity contribution in [2.75, 3.05) is 0 Å². The highest BCUT2D eigenvalue weighted by Gasteiger charge is 2.16. The number of hydrazine groups is 1. The van der Waals surface area contributed by atoms with E-state index in [9.17, 15) is 4.91 Å². The van der Waals surface area contributed by atoms with Crippen LogP contribution in [0.3, 0.4) is 0 Å². The Morgan fingerprint density at radius 1 is 1.50 bits per heavy atom. The van der Waals surface area contributed by atoms with Gasteiger partial charge in [-0.2, -0.15) is 5.12 Å². The number of nitroso groups, excluding NO2 is 1. The second-order valence-electron chi connectivity index (χ2n) is 2.60. The third-order valence-corrected chi connectivity index (χ3v) is 0.775. The molecule has 0 aliphatic heterocycles.